The molecule has 2 aromatic carbocycles. The van der Waals surface area contributed by atoms with Crippen LogP contribution in [-0.2, 0) is 0 Å². The molecule has 2 aromatic rings. The van der Waals surface area contributed by atoms with Gasteiger partial charge >= 0.3 is 6.03 Å². The molecule has 8 nitrogen and oxygen atoms in total. The number of fused-ring (bicyclic) bond motifs is 3. The number of benzene rings is 2. The minimum Gasteiger partial charge on any atom is -0.486 e. The number of likely N-dealkylation sites (tertiary alicyclic amines) is 2. The van der Waals surface area contributed by atoms with E-state index in [1.54, 1.807) is 42.5 Å². The maximum atomic E-state index is 12.9. The fourth-order valence-corrected chi connectivity index (χ4v) is 5.02. The van der Waals surface area contributed by atoms with Gasteiger partial charge in [-0.25, -0.2) is 4.79 Å². The van der Waals surface area contributed by atoms with Gasteiger partial charge in [0.25, 0.3) is 0 Å². The van der Waals surface area contributed by atoms with Crippen molar-refractivity contribution < 1.29 is 19.1 Å². The van der Waals surface area contributed by atoms with Gasteiger partial charge in [0.1, 0.15) is 13.2 Å². The molecule has 0 aromatic heterocycles. The van der Waals surface area contributed by atoms with Crippen molar-refractivity contribution >= 4 is 17.5 Å². The van der Waals surface area contributed by atoms with E-state index in [9.17, 15) is 9.59 Å². The first kappa shape index (κ1) is 21.3. The highest BCUT2D eigenvalue weighted by Gasteiger charge is 2.36. The van der Waals surface area contributed by atoms with Gasteiger partial charge in [-0.1, -0.05) is 0 Å². The first-order valence-electron chi connectivity index (χ1n) is 11.3. The molecule has 0 spiro atoms. The van der Waals surface area contributed by atoms with E-state index in [2.05, 4.69) is 16.3 Å². The molecule has 33 heavy (non-hydrogen) atoms. The lowest BCUT2D eigenvalue weighted by atomic mass is 9.84. The highest BCUT2D eigenvalue weighted by molar-refractivity contribution is 5.98. The number of nitriles is 1. The molecule has 2 fully saturated rings. The predicted octanol–water partition coefficient (Wildman–Crippen LogP) is 3.00. The van der Waals surface area contributed by atoms with Crippen LogP contribution >= 0.6 is 0 Å². The molecule has 3 aliphatic heterocycles. The van der Waals surface area contributed by atoms with Crippen LogP contribution < -0.4 is 14.8 Å². The van der Waals surface area contributed by atoms with Crippen LogP contribution in [0.1, 0.15) is 22.3 Å². The Morgan fingerprint density at radius 1 is 0.970 bits per heavy atom. The van der Waals surface area contributed by atoms with Gasteiger partial charge in [-0.15, -0.1) is 0 Å². The lowest BCUT2D eigenvalue weighted by molar-refractivity contribution is 0.0468. The van der Waals surface area contributed by atoms with E-state index in [0.29, 0.717) is 73.0 Å². The van der Waals surface area contributed by atoms with Crippen LogP contribution in [0.4, 0.5) is 10.5 Å². The summed E-state index contributed by atoms with van der Waals surface area (Å²) in [5.41, 5.74) is 1.88. The lowest BCUT2D eigenvalue weighted by Crippen LogP contribution is -2.55. The number of nitrogens with zero attached hydrogens (tertiary/aromatic N) is 3. The number of piperidine rings is 2. The molecular formula is C25H26N4O4. The molecule has 1 N–H and O–H groups in total. The van der Waals surface area contributed by atoms with E-state index in [4.69, 9.17) is 14.7 Å². The van der Waals surface area contributed by atoms with Crippen molar-refractivity contribution in [1.29, 1.82) is 5.26 Å². The number of amides is 2. The predicted molar refractivity (Wildman–Crippen MR) is 122 cm³/mol. The van der Waals surface area contributed by atoms with E-state index in [1.807, 2.05) is 4.90 Å². The normalized spacial score (nSPS) is 21.7. The molecule has 3 heterocycles. The molecule has 2 bridgehead atoms. The van der Waals surface area contributed by atoms with Crippen LogP contribution in [0.15, 0.2) is 42.5 Å². The van der Waals surface area contributed by atoms with Crippen molar-refractivity contribution in [1.82, 2.24) is 9.80 Å². The second kappa shape index (κ2) is 9.12. The Morgan fingerprint density at radius 2 is 1.67 bits per heavy atom. The van der Waals surface area contributed by atoms with E-state index >= 15 is 0 Å². The van der Waals surface area contributed by atoms with Gasteiger partial charge in [-0.3, -0.25) is 9.69 Å². The van der Waals surface area contributed by atoms with Gasteiger partial charge in [-0.2, -0.15) is 5.26 Å². The summed E-state index contributed by atoms with van der Waals surface area (Å²) in [4.78, 5) is 29.8. The summed E-state index contributed by atoms with van der Waals surface area (Å²) in [6.07, 6.45) is 1.08. The zero-order chi connectivity index (χ0) is 22.8. The molecular weight excluding hydrogens is 420 g/mol. The third kappa shape index (κ3) is 4.78. The smallest absolute Gasteiger partial charge is 0.321 e. The lowest BCUT2D eigenvalue weighted by Gasteiger charge is -2.45. The fourth-order valence-electron chi connectivity index (χ4n) is 5.02. The Kier molecular flexibility index (Phi) is 5.88. The average Bonchev–Trinajstić information content (AvgIpc) is 2.83. The van der Waals surface area contributed by atoms with Crippen molar-refractivity contribution in [3.05, 3.63) is 53.6 Å². The van der Waals surface area contributed by atoms with Gasteiger partial charge in [0.05, 0.1) is 18.2 Å². The SMILES string of the molecule is N#Cc1ccc(NC(=O)N2CC3CC(CN(CC(=O)c4ccc5c(c4)OCCO5)C3)C2)cc1. The minimum absolute atomic E-state index is 0.0716. The van der Waals surface area contributed by atoms with Crippen molar-refractivity contribution in [2.45, 2.75) is 6.42 Å². The topological polar surface area (TPSA) is 94.9 Å². The average molecular weight is 447 g/mol. The summed E-state index contributed by atoms with van der Waals surface area (Å²) in [6.45, 7) is 4.33. The van der Waals surface area contributed by atoms with Gasteiger partial charge in [0.2, 0.25) is 0 Å². The molecule has 0 radical (unpaired) electrons. The Morgan fingerprint density at radius 3 is 2.36 bits per heavy atom. The van der Waals surface area contributed by atoms with Crippen LogP contribution in [-0.4, -0.2) is 67.6 Å². The Labute approximate surface area is 192 Å². The van der Waals surface area contributed by atoms with Crippen LogP contribution in [0.5, 0.6) is 11.5 Å². The molecule has 2 unspecified atom stereocenters. The summed E-state index contributed by atoms with van der Waals surface area (Å²) in [7, 11) is 0. The number of ketones is 1. The summed E-state index contributed by atoms with van der Waals surface area (Å²) >= 11 is 0. The van der Waals surface area contributed by atoms with Crippen molar-refractivity contribution in [3.8, 4) is 17.6 Å². The van der Waals surface area contributed by atoms with Gasteiger partial charge in [0, 0.05) is 37.4 Å². The zero-order valence-corrected chi connectivity index (χ0v) is 18.3. The van der Waals surface area contributed by atoms with Crippen molar-refractivity contribution in [3.63, 3.8) is 0 Å². The molecule has 2 atom stereocenters. The quantitative estimate of drug-likeness (QED) is 0.726. The monoisotopic (exact) mass is 446 g/mol. The molecule has 5 rings (SSSR count). The van der Waals surface area contributed by atoms with E-state index in [-0.39, 0.29) is 11.8 Å². The standard InChI is InChI=1S/C25H26N4O4/c26-11-17-1-4-21(5-2-17)27-25(31)29-14-18-9-19(15-29)13-28(12-18)16-22(30)20-3-6-23-24(10-20)33-8-7-32-23/h1-6,10,18-19H,7-9,12-16H2,(H,27,31). The molecule has 0 saturated carbocycles. The van der Waals surface area contributed by atoms with Crippen LogP contribution in [0.2, 0.25) is 0 Å². The first-order chi connectivity index (χ1) is 16.1. The highest BCUT2D eigenvalue weighted by atomic mass is 16.6. The number of hydrogen-bond donors (Lipinski definition) is 1. The van der Waals surface area contributed by atoms with Gasteiger partial charge in [-0.05, 0) is 60.7 Å². The van der Waals surface area contributed by atoms with E-state index in [1.165, 1.54) is 0 Å². The number of Topliss-reactive ketones (excluding diaryl/α,β-unsaturated/α-hetero) is 1. The molecule has 8 heteroatoms. The third-order valence-electron chi connectivity index (χ3n) is 6.44. The minimum atomic E-state index is -0.116. The number of carbonyl (C=O) groups is 2. The second-order valence-corrected chi connectivity index (χ2v) is 8.97. The molecule has 2 amide bonds. The number of carbonyl (C=O) groups excluding carboxylic acids is 2. The second-order valence-electron chi connectivity index (χ2n) is 8.97. The summed E-state index contributed by atoms with van der Waals surface area (Å²) < 4.78 is 11.1. The van der Waals surface area contributed by atoms with Gasteiger partial charge in [0.15, 0.2) is 17.3 Å². The largest absolute Gasteiger partial charge is 0.486 e. The van der Waals surface area contributed by atoms with Crippen molar-refractivity contribution in [2.75, 3.05) is 51.3 Å². The Balaban J connectivity index is 1.16. The fraction of sp³-hybridized carbons (Fsp3) is 0.400. The Bertz CT molecular complexity index is 1080. The zero-order valence-electron chi connectivity index (χ0n) is 18.3. The number of urea groups is 1. The molecule has 170 valence electrons. The van der Waals surface area contributed by atoms with E-state index < -0.39 is 0 Å². The Hall–Kier alpha value is -3.57. The molecule has 2 saturated heterocycles. The third-order valence-corrected chi connectivity index (χ3v) is 6.44. The number of nitrogens with one attached hydrogen (secondary N) is 1. The summed E-state index contributed by atoms with van der Waals surface area (Å²) in [6, 6.07) is 14.2. The highest BCUT2D eigenvalue weighted by Crippen LogP contribution is 2.32. The first-order valence-corrected chi connectivity index (χ1v) is 11.3. The summed E-state index contributed by atoms with van der Waals surface area (Å²) in [5.74, 6) is 2.08. The van der Waals surface area contributed by atoms with Crippen LogP contribution in [0.3, 0.4) is 0 Å². The maximum Gasteiger partial charge on any atom is 0.321 e. The van der Waals surface area contributed by atoms with Gasteiger partial charge < -0.3 is 19.7 Å². The van der Waals surface area contributed by atoms with Crippen molar-refractivity contribution in [2.24, 2.45) is 11.8 Å². The molecule has 3 aliphatic rings. The maximum absolute atomic E-state index is 12.9. The summed E-state index contributed by atoms with van der Waals surface area (Å²) in [5, 5.41) is 11.8. The van der Waals surface area contributed by atoms with E-state index in [0.717, 1.165) is 19.5 Å². The number of rotatable bonds is 4. The number of anilines is 1. The number of ether oxygens (including phenoxy) is 2. The van der Waals surface area contributed by atoms with Crippen LogP contribution in [0.25, 0.3) is 0 Å². The molecule has 0 aliphatic carbocycles. The number of hydrogen-bond acceptors (Lipinski definition) is 6. The van der Waals surface area contributed by atoms with Crippen LogP contribution in [0, 0.1) is 23.2 Å².